The highest BCUT2D eigenvalue weighted by Gasteiger charge is 2.07. The van der Waals surface area contributed by atoms with Crippen LogP contribution >= 0.6 is 27.3 Å². The molecule has 1 rings (SSSR count). The van der Waals surface area contributed by atoms with E-state index < -0.39 is 0 Å². The van der Waals surface area contributed by atoms with Gasteiger partial charge in [-0.15, -0.1) is 11.3 Å². The normalized spacial score (nSPS) is 12.1. The van der Waals surface area contributed by atoms with Crippen LogP contribution in [0.1, 0.15) is 44.1 Å². The van der Waals surface area contributed by atoms with Crippen LogP contribution in [0.3, 0.4) is 0 Å². The zero-order chi connectivity index (χ0) is 12.2. The zero-order valence-corrected chi connectivity index (χ0v) is 13.1. The largest absolute Gasteiger partial charge is 0.312 e. The van der Waals surface area contributed by atoms with E-state index in [1.54, 1.807) is 0 Å². The summed E-state index contributed by atoms with van der Waals surface area (Å²) in [4.78, 5) is 1.45. The summed E-state index contributed by atoms with van der Waals surface area (Å²) in [5.74, 6) is 0. The fourth-order valence-corrected chi connectivity index (χ4v) is 3.42. The molecule has 16 heavy (non-hydrogen) atoms. The van der Waals surface area contributed by atoms with E-state index in [2.05, 4.69) is 55.0 Å². The molecule has 0 aliphatic heterocycles. The van der Waals surface area contributed by atoms with Crippen molar-refractivity contribution < 1.29 is 0 Å². The van der Waals surface area contributed by atoms with Crippen molar-refractivity contribution in [1.29, 1.82) is 0 Å². The molecule has 0 bridgehead atoms. The second-order valence-corrected chi connectivity index (χ2v) is 7.90. The maximum atomic E-state index is 3.54. The Hall–Kier alpha value is 0.140. The first-order valence-corrected chi connectivity index (χ1v) is 7.49. The van der Waals surface area contributed by atoms with Gasteiger partial charge in [-0.1, -0.05) is 0 Å². The van der Waals surface area contributed by atoms with Crippen molar-refractivity contribution in [2.45, 2.75) is 52.5 Å². The van der Waals surface area contributed by atoms with Gasteiger partial charge < -0.3 is 5.32 Å². The van der Waals surface area contributed by atoms with Gasteiger partial charge in [-0.2, -0.15) is 0 Å². The maximum absolute atomic E-state index is 3.54. The van der Waals surface area contributed by atoms with E-state index in [4.69, 9.17) is 0 Å². The molecular formula is C13H22BrNS. The number of hydrogen-bond donors (Lipinski definition) is 1. The molecule has 1 N–H and O–H groups in total. The van der Waals surface area contributed by atoms with Gasteiger partial charge in [-0.05, 0) is 81.1 Å². The van der Waals surface area contributed by atoms with E-state index in [0.29, 0.717) is 0 Å². The van der Waals surface area contributed by atoms with Crippen LogP contribution in [0.15, 0.2) is 9.85 Å². The predicted molar refractivity (Wildman–Crippen MR) is 77.4 cm³/mol. The van der Waals surface area contributed by atoms with Gasteiger partial charge in [0, 0.05) is 10.4 Å². The molecule has 0 aliphatic rings. The minimum absolute atomic E-state index is 0.251. The highest BCUT2D eigenvalue weighted by atomic mass is 79.9. The molecule has 0 fully saturated rings. The van der Waals surface area contributed by atoms with E-state index in [9.17, 15) is 0 Å². The Kier molecular flexibility index (Phi) is 5.48. The smallest absolute Gasteiger partial charge is 0.0704 e. The van der Waals surface area contributed by atoms with Crippen LogP contribution in [0.2, 0.25) is 0 Å². The molecule has 0 saturated carbocycles. The fraction of sp³-hybridized carbons (Fsp3) is 0.692. The third kappa shape index (κ3) is 5.46. The lowest BCUT2D eigenvalue weighted by atomic mass is 10.1. The Labute approximate surface area is 112 Å². The molecule has 0 spiro atoms. The summed E-state index contributed by atoms with van der Waals surface area (Å²) in [6.07, 6.45) is 3.73. The quantitative estimate of drug-likeness (QED) is 0.788. The number of halogens is 1. The lowest BCUT2D eigenvalue weighted by Gasteiger charge is -2.20. The summed E-state index contributed by atoms with van der Waals surface area (Å²) in [6, 6.07) is 2.26. The van der Waals surface area contributed by atoms with E-state index in [-0.39, 0.29) is 5.54 Å². The van der Waals surface area contributed by atoms with Crippen molar-refractivity contribution in [3.05, 3.63) is 20.3 Å². The highest BCUT2D eigenvalue weighted by molar-refractivity contribution is 9.11. The summed E-state index contributed by atoms with van der Waals surface area (Å²) >= 11 is 5.38. The maximum Gasteiger partial charge on any atom is 0.0704 e. The molecule has 0 aromatic carbocycles. The third-order valence-corrected chi connectivity index (χ3v) is 4.11. The van der Waals surface area contributed by atoms with Crippen LogP contribution < -0.4 is 5.32 Å². The molecule has 1 nitrogen and oxygen atoms in total. The molecule has 0 atom stereocenters. The molecule has 0 amide bonds. The van der Waals surface area contributed by atoms with Gasteiger partial charge in [-0.25, -0.2) is 0 Å². The van der Waals surface area contributed by atoms with Crippen molar-refractivity contribution in [2.24, 2.45) is 0 Å². The van der Waals surface area contributed by atoms with Gasteiger partial charge in [0.2, 0.25) is 0 Å². The molecular weight excluding hydrogens is 282 g/mol. The molecule has 0 unspecified atom stereocenters. The number of hydrogen-bond acceptors (Lipinski definition) is 2. The van der Waals surface area contributed by atoms with Crippen molar-refractivity contribution in [3.63, 3.8) is 0 Å². The Morgan fingerprint density at radius 2 is 2.00 bits per heavy atom. The molecule has 3 heteroatoms. The number of rotatable bonds is 5. The Bertz CT molecular complexity index is 325. The lowest BCUT2D eigenvalue weighted by molar-refractivity contribution is 0.419. The lowest BCUT2D eigenvalue weighted by Crippen LogP contribution is -2.36. The Morgan fingerprint density at radius 1 is 1.31 bits per heavy atom. The molecule has 92 valence electrons. The number of nitrogens with one attached hydrogen (secondary N) is 1. The second-order valence-electron chi connectivity index (χ2n) is 5.27. The standard InChI is InChI=1S/C13H22BrNS/c1-10-11(9-12(14)16-10)7-5-6-8-15-13(2,3)4/h9,15H,5-8H2,1-4H3. The number of thiophene rings is 1. The van der Waals surface area contributed by atoms with Crippen LogP contribution in [0.4, 0.5) is 0 Å². The van der Waals surface area contributed by atoms with Crippen molar-refractivity contribution in [2.75, 3.05) is 6.54 Å². The van der Waals surface area contributed by atoms with Crippen molar-refractivity contribution in [1.82, 2.24) is 5.32 Å². The van der Waals surface area contributed by atoms with Crippen LogP contribution in [-0.4, -0.2) is 12.1 Å². The predicted octanol–water partition coefficient (Wildman–Crippen LogP) is 4.53. The fourth-order valence-electron chi connectivity index (χ4n) is 1.63. The molecule has 1 aromatic heterocycles. The Morgan fingerprint density at radius 3 is 2.50 bits per heavy atom. The SMILES string of the molecule is Cc1sc(Br)cc1CCCCNC(C)(C)C. The van der Waals surface area contributed by atoms with Gasteiger partial charge in [0.1, 0.15) is 0 Å². The van der Waals surface area contributed by atoms with Gasteiger partial charge >= 0.3 is 0 Å². The molecule has 1 aromatic rings. The van der Waals surface area contributed by atoms with Crippen molar-refractivity contribution in [3.8, 4) is 0 Å². The van der Waals surface area contributed by atoms with E-state index in [1.807, 2.05) is 11.3 Å². The van der Waals surface area contributed by atoms with Crippen LogP contribution in [0, 0.1) is 6.92 Å². The summed E-state index contributed by atoms with van der Waals surface area (Å²) in [6.45, 7) is 9.97. The minimum atomic E-state index is 0.251. The average Bonchev–Trinajstić information content (AvgIpc) is 2.42. The molecule has 0 radical (unpaired) electrons. The van der Waals surface area contributed by atoms with Crippen molar-refractivity contribution >= 4 is 27.3 Å². The first-order valence-electron chi connectivity index (χ1n) is 5.88. The summed E-state index contributed by atoms with van der Waals surface area (Å²) < 4.78 is 1.26. The molecule has 0 saturated heterocycles. The van der Waals surface area contributed by atoms with Gasteiger partial charge in [0.15, 0.2) is 0 Å². The second kappa shape index (κ2) is 6.18. The first-order chi connectivity index (χ1) is 7.38. The third-order valence-electron chi connectivity index (χ3n) is 2.52. The van der Waals surface area contributed by atoms with Crippen LogP contribution in [0.5, 0.6) is 0 Å². The van der Waals surface area contributed by atoms with Crippen LogP contribution in [-0.2, 0) is 6.42 Å². The first kappa shape index (κ1) is 14.2. The summed E-state index contributed by atoms with van der Waals surface area (Å²) in [5.41, 5.74) is 1.76. The monoisotopic (exact) mass is 303 g/mol. The van der Waals surface area contributed by atoms with E-state index >= 15 is 0 Å². The zero-order valence-electron chi connectivity index (χ0n) is 10.7. The molecule has 1 heterocycles. The topological polar surface area (TPSA) is 12.0 Å². The van der Waals surface area contributed by atoms with E-state index in [0.717, 1.165) is 6.54 Å². The molecule has 0 aliphatic carbocycles. The number of aryl methyl sites for hydroxylation is 2. The number of unbranched alkanes of at least 4 members (excludes halogenated alkanes) is 1. The summed E-state index contributed by atoms with van der Waals surface area (Å²) in [5, 5.41) is 3.52. The van der Waals surface area contributed by atoms with Gasteiger partial charge in [-0.3, -0.25) is 0 Å². The van der Waals surface area contributed by atoms with Gasteiger partial charge in [0.05, 0.1) is 3.79 Å². The van der Waals surface area contributed by atoms with Gasteiger partial charge in [0.25, 0.3) is 0 Å². The Balaban J connectivity index is 2.19. The average molecular weight is 304 g/mol. The highest BCUT2D eigenvalue weighted by Crippen LogP contribution is 2.27. The van der Waals surface area contributed by atoms with E-state index in [1.165, 1.54) is 33.5 Å². The minimum Gasteiger partial charge on any atom is -0.312 e. The summed E-state index contributed by atoms with van der Waals surface area (Å²) in [7, 11) is 0. The van der Waals surface area contributed by atoms with Crippen LogP contribution in [0.25, 0.3) is 0 Å².